The smallest absolute Gasteiger partial charge is 0.407 e. The van der Waals surface area contributed by atoms with Gasteiger partial charge in [0.2, 0.25) is 11.8 Å². The molecule has 1 saturated carbocycles. The summed E-state index contributed by atoms with van der Waals surface area (Å²) in [6, 6.07) is 12.0. The second kappa shape index (κ2) is 12.6. The normalized spacial score (nSPS) is 18.2. The van der Waals surface area contributed by atoms with Crippen molar-refractivity contribution in [2.75, 3.05) is 11.4 Å². The van der Waals surface area contributed by atoms with Gasteiger partial charge in [-0.15, -0.1) is 0 Å². The van der Waals surface area contributed by atoms with Crippen LogP contribution in [0.5, 0.6) is 0 Å². The fraction of sp³-hybridized carbons (Fsp3) is 0.448. The van der Waals surface area contributed by atoms with Crippen LogP contribution in [0.4, 0.5) is 10.5 Å². The largest absolute Gasteiger partial charge is 0.444 e. The summed E-state index contributed by atoms with van der Waals surface area (Å²) in [4.78, 5) is 40.6. The van der Waals surface area contributed by atoms with Crippen LogP contribution in [0.1, 0.15) is 52.0 Å². The number of amides is 3. The highest BCUT2D eigenvalue weighted by Gasteiger charge is 2.36. The molecule has 214 valence electrons. The summed E-state index contributed by atoms with van der Waals surface area (Å²) in [6.45, 7) is 5.96. The maximum Gasteiger partial charge on any atom is 0.407 e. The third-order valence-electron chi connectivity index (χ3n) is 7.13. The minimum absolute atomic E-state index is 0.149. The number of ether oxygens (including phenoxy) is 1. The Morgan fingerprint density at radius 1 is 1.15 bits per heavy atom. The molecule has 1 aromatic heterocycles. The molecule has 1 aliphatic rings. The lowest BCUT2D eigenvalue weighted by Crippen LogP contribution is -2.52. The molecule has 0 unspecified atom stereocenters. The molecule has 4 rings (SSSR count). The minimum atomic E-state index is -0.893. The van der Waals surface area contributed by atoms with Crippen molar-refractivity contribution in [1.29, 1.82) is 0 Å². The first-order valence-corrected chi connectivity index (χ1v) is 14.6. The van der Waals surface area contributed by atoms with Gasteiger partial charge in [-0.1, -0.05) is 39.7 Å². The Balaban J connectivity index is 1.54. The zero-order chi connectivity index (χ0) is 29.0. The summed E-state index contributed by atoms with van der Waals surface area (Å²) in [7, 11) is 0. The lowest BCUT2D eigenvalue weighted by atomic mass is 9.81. The number of halogens is 2. The van der Waals surface area contributed by atoms with E-state index in [4.69, 9.17) is 22.1 Å². The third-order valence-corrected chi connectivity index (χ3v) is 7.94. The summed E-state index contributed by atoms with van der Waals surface area (Å²) in [5, 5.41) is 10.8. The van der Waals surface area contributed by atoms with Gasteiger partial charge in [0.15, 0.2) is 5.15 Å². The van der Waals surface area contributed by atoms with Crippen molar-refractivity contribution < 1.29 is 19.1 Å². The van der Waals surface area contributed by atoms with Crippen molar-refractivity contribution in [2.24, 2.45) is 17.6 Å². The lowest BCUT2D eigenvalue weighted by Gasteiger charge is -2.36. The number of rotatable bonds is 8. The van der Waals surface area contributed by atoms with Gasteiger partial charge in [0.25, 0.3) is 0 Å². The van der Waals surface area contributed by atoms with Crippen molar-refractivity contribution in [3.8, 4) is 0 Å². The van der Waals surface area contributed by atoms with Gasteiger partial charge in [-0.05, 0) is 88.3 Å². The number of primary amides is 1. The number of aromatic nitrogens is 2. The Bertz CT molecular complexity index is 1360. The molecule has 40 heavy (non-hydrogen) atoms. The number of carbonyl (C=O) groups is 3. The molecule has 3 aromatic rings. The minimum Gasteiger partial charge on any atom is -0.444 e. The van der Waals surface area contributed by atoms with Crippen LogP contribution in [0.2, 0.25) is 5.15 Å². The van der Waals surface area contributed by atoms with Crippen LogP contribution in [-0.2, 0) is 20.7 Å². The number of carbonyl (C=O) groups excluding carboxylic acids is 3. The quantitative estimate of drug-likeness (QED) is 0.292. The maximum absolute atomic E-state index is 14.1. The molecule has 1 heterocycles. The molecule has 9 nitrogen and oxygen atoms in total. The number of nitrogens with two attached hydrogens (primary N) is 1. The van der Waals surface area contributed by atoms with Crippen molar-refractivity contribution in [1.82, 2.24) is 15.5 Å². The number of nitrogens with zero attached hydrogens (tertiary/aromatic N) is 2. The van der Waals surface area contributed by atoms with Gasteiger partial charge < -0.3 is 15.8 Å². The van der Waals surface area contributed by atoms with Gasteiger partial charge in [-0.3, -0.25) is 19.6 Å². The topological polar surface area (TPSA) is 130 Å². The molecule has 3 amide bonds. The summed E-state index contributed by atoms with van der Waals surface area (Å²) in [6.07, 6.45) is 2.64. The second-order valence-corrected chi connectivity index (χ2v) is 12.6. The number of benzene rings is 2. The number of H-pyrrole nitrogens is 1. The monoisotopic (exact) mass is 631 g/mol. The van der Waals surface area contributed by atoms with E-state index in [2.05, 4.69) is 31.4 Å². The van der Waals surface area contributed by atoms with E-state index in [-0.39, 0.29) is 24.2 Å². The van der Waals surface area contributed by atoms with Gasteiger partial charge in [0.1, 0.15) is 11.6 Å². The van der Waals surface area contributed by atoms with E-state index in [9.17, 15) is 14.4 Å². The van der Waals surface area contributed by atoms with Crippen LogP contribution in [0.3, 0.4) is 0 Å². The molecule has 0 spiro atoms. The zero-order valence-corrected chi connectivity index (χ0v) is 25.2. The van der Waals surface area contributed by atoms with Crippen LogP contribution < -0.4 is 16.0 Å². The predicted molar refractivity (Wildman–Crippen MR) is 159 cm³/mol. The van der Waals surface area contributed by atoms with Crippen molar-refractivity contribution in [3.63, 3.8) is 0 Å². The van der Waals surface area contributed by atoms with E-state index < -0.39 is 23.6 Å². The summed E-state index contributed by atoms with van der Waals surface area (Å²) in [5.41, 5.74) is 7.46. The van der Waals surface area contributed by atoms with E-state index in [0.717, 1.165) is 28.3 Å². The molecular weight excluding hydrogens is 598 g/mol. The SMILES string of the molecule is CC(C)(C)OC(=O)NC[C@H]1CC[C@H](C(=O)N(c2ccc3c(Cl)n[nH]c3c2)[C@@H](Cc2ccc(Br)cc2)C(N)=O)CC1. The van der Waals surface area contributed by atoms with Crippen molar-refractivity contribution in [2.45, 2.75) is 64.5 Å². The Morgan fingerprint density at radius 3 is 2.45 bits per heavy atom. The van der Waals surface area contributed by atoms with E-state index >= 15 is 0 Å². The Morgan fingerprint density at radius 2 is 1.82 bits per heavy atom. The molecule has 0 aliphatic heterocycles. The molecule has 0 saturated heterocycles. The highest BCUT2D eigenvalue weighted by molar-refractivity contribution is 9.10. The van der Waals surface area contributed by atoms with Gasteiger partial charge in [-0.2, -0.15) is 5.10 Å². The molecule has 1 atom stereocenters. The fourth-order valence-electron chi connectivity index (χ4n) is 5.10. The molecule has 0 bridgehead atoms. The average molecular weight is 633 g/mol. The predicted octanol–water partition coefficient (Wildman–Crippen LogP) is 5.74. The van der Waals surface area contributed by atoms with Crippen LogP contribution in [0, 0.1) is 11.8 Å². The number of hydrogen-bond acceptors (Lipinski definition) is 5. The summed E-state index contributed by atoms with van der Waals surface area (Å²) < 4.78 is 6.25. The first kappa shape index (κ1) is 29.9. The zero-order valence-electron chi connectivity index (χ0n) is 22.9. The van der Waals surface area contributed by atoms with Gasteiger partial charge in [0.05, 0.1) is 5.52 Å². The standard InChI is InChI=1S/C29H35BrClN5O4/c1-29(2,3)40-28(39)33-16-18-4-8-19(9-5-18)27(38)36(21-12-13-22-23(15-21)34-35-25(22)31)24(26(32)37)14-17-6-10-20(30)11-7-17/h6-7,10-13,15,18-19,24H,4-5,8-9,14,16H2,1-3H3,(H2,32,37)(H,33,39)(H,34,35)/t18-,19-,24-/m0/s1. The number of aromatic amines is 1. The Hall–Kier alpha value is -3.11. The van der Waals surface area contributed by atoms with Crippen molar-refractivity contribution in [3.05, 3.63) is 57.7 Å². The van der Waals surface area contributed by atoms with Crippen LogP contribution in [-0.4, -0.2) is 46.3 Å². The Kier molecular flexibility index (Phi) is 9.41. The summed E-state index contributed by atoms with van der Waals surface area (Å²) >= 11 is 9.61. The van der Waals surface area contributed by atoms with Crippen LogP contribution in [0.15, 0.2) is 46.9 Å². The van der Waals surface area contributed by atoms with E-state index in [1.807, 2.05) is 45.0 Å². The number of fused-ring (bicyclic) bond motifs is 1. The molecule has 11 heteroatoms. The first-order valence-electron chi connectivity index (χ1n) is 13.4. The van der Waals surface area contributed by atoms with Gasteiger partial charge >= 0.3 is 6.09 Å². The maximum atomic E-state index is 14.1. The molecule has 0 radical (unpaired) electrons. The van der Waals surface area contributed by atoms with Gasteiger partial charge in [-0.25, -0.2) is 4.79 Å². The van der Waals surface area contributed by atoms with Crippen LogP contribution in [0.25, 0.3) is 10.9 Å². The molecule has 1 fully saturated rings. The molecule has 4 N–H and O–H groups in total. The van der Waals surface area contributed by atoms with Crippen molar-refractivity contribution >= 4 is 62.0 Å². The first-order chi connectivity index (χ1) is 18.9. The van der Waals surface area contributed by atoms with E-state index in [1.165, 1.54) is 0 Å². The van der Waals surface area contributed by atoms with E-state index in [0.29, 0.717) is 35.7 Å². The highest BCUT2D eigenvalue weighted by atomic mass is 79.9. The second-order valence-electron chi connectivity index (χ2n) is 11.3. The summed E-state index contributed by atoms with van der Waals surface area (Å²) in [5.74, 6) is -0.785. The fourth-order valence-corrected chi connectivity index (χ4v) is 5.57. The number of anilines is 1. The van der Waals surface area contributed by atoms with Crippen LogP contribution >= 0.6 is 27.5 Å². The van der Waals surface area contributed by atoms with E-state index in [1.54, 1.807) is 23.1 Å². The molecule has 1 aliphatic carbocycles. The van der Waals surface area contributed by atoms with Gasteiger partial charge in [0, 0.05) is 34.4 Å². The lowest BCUT2D eigenvalue weighted by molar-refractivity contribution is -0.127. The highest BCUT2D eigenvalue weighted by Crippen LogP contribution is 2.34. The molecule has 2 aromatic carbocycles. The molecular formula is C29H35BrClN5O4. The third kappa shape index (κ3) is 7.54. The number of hydrogen-bond donors (Lipinski definition) is 3. The number of nitrogens with one attached hydrogen (secondary N) is 2. The number of alkyl carbamates (subject to hydrolysis) is 1. The Labute approximate surface area is 247 Å². The average Bonchev–Trinajstić information content (AvgIpc) is 3.27.